The summed E-state index contributed by atoms with van der Waals surface area (Å²) in [5.74, 6) is 0.219. The van der Waals surface area contributed by atoms with E-state index in [0.29, 0.717) is 12.2 Å². The summed E-state index contributed by atoms with van der Waals surface area (Å²) in [4.78, 5) is 38.0. The minimum Gasteiger partial charge on any atom is -0.462 e. The number of rotatable bonds is 10. The summed E-state index contributed by atoms with van der Waals surface area (Å²) < 4.78 is 24.6. The summed E-state index contributed by atoms with van der Waals surface area (Å²) in [5, 5.41) is 3.06. The minimum atomic E-state index is -1.69. The van der Waals surface area contributed by atoms with E-state index >= 15 is 0 Å². The second kappa shape index (κ2) is 11.6. The number of H-pyrrole nitrogens is 1. The first-order valence-electron chi connectivity index (χ1n) is 10.8. The molecule has 1 aliphatic heterocycles. The Balaban J connectivity index is 1.64. The molecule has 11 heteroatoms. The Bertz CT molecular complexity index is 1030. The molecule has 180 valence electrons. The fraction of sp³-hybridized carbons (Fsp3) is 0.500. The van der Waals surface area contributed by atoms with Gasteiger partial charge in [-0.25, -0.2) is 9.88 Å². The normalized spacial score (nSPS) is 22.2. The van der Waals surface area contributed by atoms with E-state index in [1.165, 1.54) is 16.8 Å². The van der Waals surface area contributed by atoms with Crippen molar-refractivity contribution in [3.8, 4) is 5.75 Å². The second-order valence-electron chi connectivity index (χ2n) is 8.17. The lowest BCUT2D eigenvalue weighted by atomic mass is 10.1. The van der Waals surface area contributed by atoms with Gasteiger partial charge in [-0.1, -0.05) is 25.1 Å². The lowest BCUT2D eigenvalue weighted by molar-refractivity contribution is -0.149. The average molecular weight is 479 g/mol. The highest BCUT2D eigenvalue weighted by Crippen LogP contribution is 2.39. The zero-order valence-electron chi connectivity index (χ0n) is 19.1. The third kappa shape index (κ3) is 7.23. The van der Waals surface area contributed by atoms with E-state index in [4.69, 9.17) is 18.5 Å². The number of para-hydroxylation sites is 1. The van der Waals surface area contributed by atoms with Crippen molar-refractivity contribution in [2.45, 2.75) is 58.6 Å². The van der Waals surface area contributed by atoms with E-state index < -0.39 is 38.0 Å². The lowest BCUT2D eigenvalue weighted by Gasteiger charge is -2.23. The number of benzene rings is 1. The quantitative estimate of drug-likeness (QED) is 0.394. The van der Waals surface area contributed by atoms with Crippen LogP contribution in [0.1, 0.15) is 40.3 Å². The van der Waals surface area contributed by atoms with Crippen LogP contribution in [0.4, 0.5) is 0 Å². The van der Waals surface area contributed by atoms with Gasteiger partial charge in [0, 0.05) is 18.2 Å². The summed E-state index contributed by atoms with van der Waals surface area (Å²) in [5.41, 5.74) is -0.976. The zero-order chi connectivity index (χ0) is 24.0. The van der Waals surface area contributed by atoms with Crippen LogP contribution in [0.2, 0.25) is 0 Å². The number of carbonyl (C=O) groups is 1. The number of carbonyl (C=O) groups excluding carboxylic acids is 1. The number of nitrogens with one attached hydrogen (secondary N) is 2. The Morgan fingerprint density at radius 2 is 1.97 bits per heavy atom. The smallest absolute Gasteiger partial charge is 0.330 e. The van der Waals surface area contributed by atoms with Crippen LogP contribution in [0, 0.1) is 5.92 Å². The third-order valence-corrected chi connectivity index (χ3v) is 6.25. The van der Waals surface area contributed by atoms with Crippen molar-refractivity contribution >= 4 is 14.5 Å². The molecule has 0 saturated carbocycles. The van der Waals surface area contributed by atoms with Gasteiger partial charge in [-0.15, -0.1) is 0 Å². The molecule has 1 aromatic carbocycles. The van der Waals surface area contributed by atoms with E-state index in [9.17, 15) is 14.4 Å². The predicted octanol–water partition coefficient (Wildman–Crippen LogP) is 2.71. The van der Waals surface area contributed by atoms with Gasteiger partial charge < -0.3 is 18.5 Å². The first-order chi connectivity index (χ1) is 15.7. The molecule has 3 rings (SSSR count). The zero-order valence-corrected chi connectivity index (χ0v) is 20.0. The second-order valence-corrected chi connectivity index (χ2v) is 9.39. The number of aromatic nitrogens is 2. The minimum absolute atomic E-state index is 0.0244. The van der Waals surface area contributed by atoms with Crippen LogP contribution in [-0.4, -0.2) is 40.4 Å². The Morgan fingerprint density at radius 1 is 1.24 bits per heavy atom. The van der Waals surface area contributed by atoms with E-state index in [1.807, 2.05) is 25.1 Å². The van der Waals surface area contributed by atoms with E-state index in [2.05, 4.69) is 10.1 Å². The van der Waals surface area contributed by atoms with Gasteiger partial charge >= 0.3 is 20.2 Å². The maximum absolute atomic E-state index is 12.2. The molecule has 33 heavy (non-hydrogen) atoms. The molecule has 1 saturated heterocycles. The molecule has 0 aliphatic carbocycles. The molecular formula is C22H30N3O7P. The Labute approximate surface area is 193 Å². The van der Waals surface area contributed by atoms with Crippen LogP contribution < -0.4 is 20.9 Å². The van der Waals surface area contributed by atoms with Gasteiger partial charge in [-0.05, 0) is 39.3 Å². The molecule has 0 radical (unpaired) electrons. The molecule has 1 aliphatic rings. The van der Waals surface area contributed by atoms with Crippen molar-refractivity contribution in [3.05, 3.63) is 63.4 Å². The standard InChI is InChI=1S/C22H30N3O7P/c1-14(2)30-21(27)16(4)24-33(32-17-8-6-5-7-9-17)29-13-18-12-15(3)20(31-18)25-11-10-19(26)23-22(25)28/h5-11,14-16,18,20,24H,12-13H2,1-4H3,(H,23,26,28)/t15?,16?,18?,20?,33-/m0/s1. The van der Waals surface area contributed by atoms with Gasteiger partial charge in [-0.2, -0.15) is 0 Å². The lowest BCUT2D eigenvalue weighted by Crippen LogP contribution is -2.35. The largest absolute Gasteiger partial charge is 0.462 e. The maximum atomic E-state index is 12.2. The first-order valence-corrected chi connectivity index (χ1v) is 12.0. The Morgan fingerprint density at radius 3 is 2.64 bits per heavy atom. The SMILES string of the molecule is CC(C)OC(=O)C(C)N[P@@](OCC1CC(C)C(n2ccc(=O)[nH]c2=O)O1)Oc1ccccc1. The third-order valence-electron chi connectivity index (χ3n) is 4.89. The van der Waals surface area contributed by atoms with Crippen molar-refractivity contribution < 1.29 is 23.3 Å². The van der Waals surface area contributed by atoms with Crippen molar-refractivity contribution in [3.63, 3.8) is 0 Å². The first kappa shape index (κ1) is 25.1. The number of nitrogens with zero attached hydrogens (tertiary/aromatic N) is 1. The molecule has 4 unspecified atom stereocenters. The van der Waals surface area contributed by atoms with Crippen molar-refractivity contribution in [1.82, 2.24) is 14.6 Å². The van der Waals surface area contributed by atoms with Crippen LogP contribution in [0.3, 0.4) is 0 Å². The highest BCUT2D eigenvalue weighted by molar-refractivity contribution is 7.45. The molecule has 2 N–H and O–H groups in total. The van der Waals surface area contributed by atoms with Crippen LogP contribution in [-0.2, 0) is 18.8 Å². The van der Waals surface area contributed by atoms with E-state index in [-0.39, 0.29) is 24.7 Å². The van der Waals surface area contributed by atoms with Crippen LogP contribution >= 0.6 is 8.53 Å². The van der Waals surface area contributed by atoms with Gasteiger partial charge in [0.1, 0.15) is 18.0 Å². The van der Waals surface area contributed by atoms with Crippen LogP contribution in [0.15, 0.2) is 52.2 Å². The molecule has 0 bridgehead atoms. The van der Waals surface area contributed by atoms with Gasteiger partial charge in [0.2, 0.25) is 0 Å². The monoisotopic (exact) mass is 479 g/mol. The highest BCUT2D eigenvalue weighted by atomic mass is 31.2. The molecule has 1 fully saturated rings. The molecular weight excluding hydrogens is 449 g/mol. The summed E-state index contributed by atoms with van der Waals surface area (Å²) in [6.45, 7) is 7.41. The summed E-state index contributed by atoms with van der Waals surface area (Å²) in [7, 11) is -1.69. The molecule has 0 amide bonds. The van der Waals surface area contributed by atoms with Crippen molar-refractivity contribution in [1.29, 1.82) is 0 Å². The number of hydrogen-bond donors (Lipinski definition) is 2. The van der Waals surface area contributed by atoms with Gasteiger partial charge in [0.05, 0.1) is 18.8 Å². The molecule has 2 aromatic rings. The topological polar surface area (TPSA) is 121 Å². The van der Waals surface area contributed by atoms with Gasteiger partial charge in [-0.3, -0.25) is 19.1 Å². The number of esters is 1. The summed E-state index contributed by atoms with van der Waals surface area (Å²) in [6.07, 6.45) is 1.03. The maximum Gasteiger partial charge on any atom is 0.330 e. The molecule has 0 spiro atoms. The molecule has 2 heterocycles. The fourth-order valence-electron chi connectivity index (χ4n) is 3.36. The summed E-state index contributed by atoms with van der Waals surface area (Å²) >= 11 is 0. The average Bonchev–Trinajstić information content (AvgIpc) is 3.12. The van der Waals surface area contributed by atoms with Crippen molar-refractivity contribution in [2.24, 2.45) is 5.92 Å². The van der Waals surface area contributed by atoms with E-state index in [0.717, 1.165) is 0 Å². The number of hydrogen-bond acceptors (Lipinski definition) is 8. The van der Waals surface area contributed by atoms with E-state index in [1.54, 1.807) is 32.9 Å². The number of ether oxygens (including phenoxy) is 2. The molecule has 1 aromatic heterocycles. The predicted molar refractivity (Wildman–Crippen MR) is 123 cm³/mol. The van der Waals surface area contributed by atoms with Gasteiger partial charge in [0.25, 0.3) is 5.56 Å². The molecule has 10 nitrogen and oxygen atoms in total. The highest BCUT2D eigenvalue weighted by Gasteiger charge is 2.35. The summed E-state index contributed by atoms with van der Waals surface area (Å²) in [6, 6.07) is 9.79. The van der Waals surface area contributed by atoms with Gasteiger partial charge in [0.15, 0.2) is 0 Å². The van der Waals surface area contributed by atoms with Crippen LogP contribution in [0.25, 0.3) is 0 Å². The molecule has 5 atom stereocenters. The fourth-order valence-corrected chi connectivity index (χ4v) is 4.57. The number of aromatic amines is 1. The Kier molecular flexibility index (Phi) is 8.80. The van der Waals surface area contributed by atoms with Crippen molar-refractivity contribution in [2.75, 3.05) is 6.61 Å². The Hall–Kier alpha value is -2.52. The van der Waals surface area contributed by atoms with Crippen LogP contribution in [0.5, 0.6) is 5.75 Å².